The van der Waals surface area contributed by atoms with Crippen LogP contribution in [0.15, 0.2) is 48.5 Å². The van der Waals surface area contributed by atoms with Crippen LogP contribution in [0.1, 0.15) is 5.56 Å². The zero-order valence-corrected chi connectivity index (χ0v) is 8.23. The number of rotatable bonds is 0. The van der Waals surface area contributed by atoms with Gasteiger partial charge in [-0.25, -0.2) is 0 Å². The number of nitrogens with one attached hydrogen (secondary N) is 1. The highest BCUT2D eigenvalue weighted by Crippen LogP contribution is 2.33. The molecule has 15 heavy (non-hydrogen) atoms. The maximum atomic E-state index is 5.48. The lowest BCUT2D eigenvalue weighted by Crippen LogP contribution is -2.15. The number of hydrogen-bond acceptors (Lipinski definition) is 2. The van der Waals surface area contributed by atoms with Crippen molar-refractivity contribution in [2.24, 2.45) is 0 Å². The smallest absolute Gasteiger partial charge is 0.154 e. The van der Waals surface area contributed by atoms with Crippen LogP contribution in [0, 0.1) is 0 Å². The fraction of sp³-hybridized carbons (Fsp3) is 0.0769. The first-order valence-corrected chi connectivity index (χ1v) is 5.02. The van der Waals surface area contributed by atoms with Gasteiger partial charge < -0.3 is 4.84 Å². The molecule has 0 bridgehead atoms. The first-order valence-electron chi connectivity index (χ1n) is 5.02. The summed E-state index contributed by atoms with van der Waals surface area (Å²) in [5.41, 5.74) is 6.63. The van der Waals surface area contributed by atoms with E-state index in [2.05, 4.69) is 35.8 Å². The van der Waals surface area contributed by atoms with Gasteiger partial charge in [0.05, 0.1) is 6.54 Å². The molecule has 2 nitrogen and oxygen atoms in total. The first-order chi connectivity index (χ1) is 7.45. The van der Waals surface area contributed by atoms with Gasteiger partial charge in [0.2, 0.25) is 0 Å². The van der Waals surface area contributed by atoms with E-state index in [1.54, 1.807) is 0 Å². The third kappa shape index (κ3) is 1.39. The van der Waals surface area contributed by atoms with Gasteiger partial charge in [-0.1, -0.05) is 42.5 Å². The largest absolute Gasteiger partial charge is 0.408 e. The molecule has 2 heteroatoms. The molecule has 1 N–H and O–H groups in total. The second-order valence-corrected chi connectivity index (χ2v) is 3.58. The van der Waals surface area contributed by atoms with Gasteiger partial charge in [0.25, 0.3) is 0 Å². The Hall–Kier alpha value is -1.80. The average Bonchev–Trinajstić information content (AvgIpc) is 2.48. The van der Waals surface area contributed by atoms with Crippen molar-refractivity contribution in [2.75, 3.05) is 0 Å². The molecule has 3 rings (SSSR count). The van der Waals surface area contributed by atoms with Gasteiger partial charge in [0, 0.05) is 5.56 Å². The molecule has 0 atom stereocenters. The number of benzene rings is 2. The quantitative estimate of drug-likeness (QED) is 0.701. The Labute approximate surface area is 88.5 Å². The van der Waals surface area contributed by atoms with Crippen LogP contribution in [-0.4, -0.2) is 0 Å². The van der Waals surface area contributed by atoms with E-state index in [-0.39, 0.29) is 0 Å². The Morgan fingerprint density at radius 3 is 2.53 bits per heavy atom. The van der Waals surface area contributed by atoms with Gasteiger partial charge in [-0.3, -0.25) is 0 Å². The molecule has 2 aromatic rings. The van der Waals surface area contributed by atoms with E-state index in [1.165, 1.54) is 11.1 Å². The molecule has 1 aliphatic rings. The molecule has 0 aromatic heterocycles. The van der Waals surface area contributed by atoms with E-state index in [9.17, 15) is 0 Å². The molecular formula is C13H11NO. The lowest BCUT2D eigenvalue weighted by atomic mass is 9.99. The normalized spacial score (nSPS) is 13.3. The highest BCUT2D eigenvalue weighted by atomic mass is 16.6. The van der Waals surface area contributed by atoms with Crippen molar-refractivity contribution >= 4 is 0 Å². The maximum Gasteiger partial charge on any atom is 0.154 e. The number of para-hydroxylation sites is 1. The van der Waals surface area contributed by atoms with Crippen molar-refractivity contribution in [3.63, 3.8) is 0 Å². The summed E-state index contributed by atoms with van der Waals surface area (Å²) < 4.78 is 0. The predicted octanol–water partition coefficient (Wildman–Crippen LogP) is 2.75. The zero-order chi connectivity index (χ0) is 10.1. The molecule has 0 spiro atoms. The number of hydrogen-bond donors (Lipinski definition) is 1. The Morgan fingerprint density at radius 2 is 1.60 bits per heavy atom. The van der Waals surface area contributed by atoms with Crippen molar-refractivity contribution in [3.05, 3.63) is 54.1 Å². The maximum absolute atomic E-state index is 5.48. The molecule has 1 aliphatic heterocycles. The Kier molecular flexibility index (Phi) is 1.93. The molecule has 0 saturated heterocycles. The third-order valence-corrected chi connectivity index (χ3v) is 2.64. The highest BCUT2D eigenvalue weighted by Gasteiger charge is 2.13. The van der Waals surface area contributed by atoms with Crippen molar-refractivity contribution in [1.29, 1.82) is 0 Å². The van der Waals surface area contributed by atoms with Crippen molar-refractivity contribution in [2.45, 2.75) is 6.54 Å². The van der Waals surface area contributed by atoms with Crippen LogP contribution >= 0.6 is 0 Å². The van der Waals surface area contributed by atoms with Gasteiger partial charge in [-0.2, -0.15) is 5.48 Å². The molecule has 0 amide bonds. The van der Waals surface area contributed by atoms with Gasteiger partial charge in [0.1, 0.15) is 0 Å². The molecule has 0 radical (unpaired) electrons. The standard InChI is InChI=1S/C13H11NO/c1-2-6-11-10(5-1)9-14-15-13-8-4-3-7-12(11)13/h1-8,14H,9H2. The highest BCUT2D eigenvalue weighted by molar-refractivity contribution is 5.73. The monoisotopic (exact) mass is 197 g/mol. The second-order valence-electron chi connectivity index (χ2n) is 3.58. The molecule has 74 valence electrons. The minimum atomic E-state index is 0.741. The van der Waals surface area contributed by atoms with E-state index in [1.807, 2.05) is 18.2 Å². The van der Waals surface area contributed by atoms with E-state index < -0.39 is 0 Å². The molecule has 2 aromatic carbocycles. The minimum absolute atomic E-state index is 0.741. The Balaban J connectivity index is 2.27. The van der Waals surface area contributed by atoms with Crippen molar-refractivity contribution in [1.82, 2.24) is 5.48 Å². The van der Waals surface area contributed by atoms with E-state index in [0.717, 1.165) is 17.9 Å². The van der Waals surface area contributed by atoms with Crippen LogP contribution in [0.25, 0.3) is 11.1 Å². The minimum Gasteiger partial charge on any atom is -0.408 e. The molecule has 0 saturated carbocycles. The fourth-order valence-corrected chi connectivity index (χ4v) is 1.91. The number of fused-ring (bicyclic) bond motifs is 3. The van der Waals surface area contributed by atoms with Crippen LogP contribution in [0.4, 0.5) is 0 Å². The summed E-state index contributed by atoms with van der Waals surface area (Å²) in [6.45, 7) is 0.741. The summed E-state index contributed by atoms with van der Waals surface area (Å²) in [5.74, 6) is 0.891. The Morgan fingerprint density at radius 1 is 0.867 bits per heavy atom. The van der Waals surface area contributed by atoms with Crippen LogP contribution < -0.4 is 10.3 Å². The zero-order valence-electron chi connectivity index (χ0n) is 8.23. The summed E-state index contributed by atoms with van der Waals surface area (Å²) in [4.78, 5) is 5.48. The van der Waals surface area contributed by atoms with Crippen LogP contribution in [0.2, 0.25) is 0 Å². The SMILES string of the molecule is c1ccc2c(c1)CNOc1ccccc1-2. The fourth-order valence-electron chi connectivity index (χ4n) is 1.91. The summed E-state index contributed by atoms with van der Waals surface area (Å²) in [5, 5.41) is 0. The van der Waals surface area contributed by atoms with Gasteiger partial charge >= 0.3 is 0 Å². The van der Waals surface area contributed by atoms with Crippen LogP contribution in [0.5, 0.6) is 5.75 Å². The van der Waals surface area contributed by atoms with Gasteiger partial charge in [0.15, 0.2) is 5.75 Å². The Bertz CT molecular complexity index is 448. The summed E-state index contributed by atoms with van der Waals surface area (Å²) in [6.07, 6.45) is 0. The average molecular weight is 197 g/mol. The van der Waals surface area contributed by atoms with Crippen molar-refractivity contribution in [3.8, 4) is 16.9 Å². The van der Waals surface area contributed by atoms with Crippen LogP contribution in [-0.2, 0) is 6.54 Å². The van der Waals surface area contributed by atoms with Crippen LogP contribution in [0.3, 0.4) is 0 Å². The predicted molar refractivity (Wildman–Crippen MR) is 59.3 cm³/mol. The molecule has 0 fully saturated rings. The van der Waals surface area contributed by atoms with Gasteiger partial charge in [-0.15, -0.1) is 0 Å². The summed E-state index contributed by atoms with van der Waals surface area (Å²) >= 11 is 0. The third-order valence-electron chi connectivity index (χ3n) is 2.64. The van der Waals surface area contributed by atoms with E-state index in [0.29, 0.717) is 0 Å². The van der Waals surface area contributed by atoms with Crippen molar-refractivity contribution < 1.29 is 4.84 Å². The second kappa shape index (κ2) is 3.41. The molecule has 0 aliphatic carbocycles. The molecule has 0 unspecified atom stereocenters. The van der Waals surface area contributed by atoms with E-state index >= 15 is 0 Å². The summed E-state index contributed by atoms with van der Waals surface area (Å²) in [6, 6.07) is 16.4. The molecular weight excluding hydrogens is 186 g/mol. The van der Waals surface area contributed by atoms with E-state index in [4.69, 9.17) is 4.84 Å². The lowest BCUT2D eigenvalue weighted by Gasteiger charge is -2.06. The number of hydroxylamine groups is 1. The molecule has 1 heterocycles. The van der Waals surface area contributed by atoms with Gasteiger partial charge in [-0.05, 0) is 17.2 Å². The first kappa shape index (κ1) is 8.50. The topological polar surface area (TPSA) is 21.3 Å². The lowest BCUT2D eigenvalue weighted by molar-refractivity contribution is 0.194. The summed E-state index contributed by atoms with van der Waals surface area (Å²) in [7, 11) is 0.